The molecule has 1 N–H and O–H groups in total. The third kappa shape index (κ3) is 4.05. The van der Waals surface area contributed by atoms with E-state index in [0.29, 0.717) is 0 Å². The van der Waals surface area contributed by atoms with E-state index in [0.717, 1.165) is 29.6 Å². The first-order valence-electron chi connectivity index (χ1n) is 7.74. The summed E-state index contributed by atoms with van der Waals surface area (Å²) in [6, 6.07) is 9.76. The Labute approximate surface area is 132 Å². The van der Waals surface area contributed by atoms with E-state index in [9.17, 15) is 9.90 Å². The van der Waals surface area contributed by atoms with E-state index in [4.69, 9.17) is 0 Å². The molecular weight excluding hydrogens is 272 g/mol. The Balaban J connectivity index is 2.12. The molecule has 1 aromatic rings. The summed E-state index contributed by atoms with van der Waals surface area (Å²) < 4.78 is 0. The van der Waals surface area contributed by atoms with Crippen LogP contribution >= 0.6 is 0 Å². The fourth-order valence-corrected chi connectivity index (χ4v) is 2.88. The van der Waals surface area contributed by atoms with Gasteiger partial charge in [0.2, 0.25) is 0 Å². The summed E-state index contributed by atoms with van der Waals surface area (Å²) in [5.74, 6) is -0.0417. The van der Waals surface area contributed by atoms with Gasteiger partial charge in [-0.3, -0.25) is 4.79 Å². The van der Waals surface area contributed by atoms with Crippen LogP contribution < -0.4 is 0 Å². The summed E-state index contributed by atoms with van der Waals surface area (Å²) in [7, 11) is 0. The second kappa shape index (κ2) is 6.89. The lowest BCUT2D eigenvalue weighted by atomic mass is 9.71. The van der Waals surface area contributed by atoms with Gasteiger partial charge in [0.1, 0.15) is 0 Å². The van der Waals surface area contributed by atoms with Gasteiger partial charge in [-0.1, -0.05) is 56.3 Å². The minimum atomic E-state index is -0.386. The number of aliphatic hydroxyl groups excluding tert-OH is 1. The molecule has 1 unspecified atom stereocenters. The number of benzene rings is 1. The van der Waals surface area contributed by atoms with E-state index >= 15 is 0 Å². The largest absolute Gasteiger partial charge is 0.389 e. The summed E-state index contributed by atoms with van der Waals surface area (Å²) in [6.07, 6.45) is 8.19. The molecule has 2 rings (SSSR count). The van der Waals surface area contributed by atoms with Crippen molar-refractivity contribution in [3.05, 3.63) is 65.3 Å². The van der Waals surface area contributed by atoms with Crippen molar-refractivity contribution in [3.8, 4) is 0 Å². The lowest BCUT2D eigenvalue weighted by Gasteiger charge is -2.35. The van der Waals surface area contributed by atoms with Crippen molar-refractivity contribution in [2.24, 2.45) is 5.41 Å². The normalized spacial score (nSPS) is 21.7. The maximum absolute atomic E-state index is 12.0. The highest BCUT2D eigenvalue weighted by Crippen LogP contribution is 2.40. The van der Waals surface area contributed by atoms with Crippen LogP contribution in [-0.2, 0) is 4.79 Å². The highest BCUT2D eigenvalue weighted by Gasteiger charge is 2.30. The molecular formula is C20H24O2. The molecule has 0 spiro atoms. The molecule has 1 aromatic carbocycles. The van der Waals surface area contributed by atoms with Crippen molar-refractivity contribution in [3.63, 3.8) is 0 Å². The smallest absolute Gasteiger partial charge is 0.178 e. The maximum Gasteiger partial charge on any atom is 0.178 e. The summed E-state index contributed by atoms with van der Waals surface area (Å²) >= 11 is 0. The van der Waals surface area contributed by atoms with E-state index < -0.39 is 0 Å². The Morgan fingerprint density at radius 3 is 2.50 bits per heavy atom. The lowest BCUT2D eigenvalue weighted by molar-refractivity contribution is -0.110. The molecule has 2 heteroatoms. The van der Waals surface area contributed by atoms with E-state index in [2.05, 4.69) is 13.8 Å². The van der Waals surface area contributed by atoms with E-state index in [1.54, 1.807) is 12.2 Å². The van der Waals surface area contributed by atoms with E-state index in [1.807, 2.05) is 49.4 Å². The van der Waals surface area contributed by atoms with Gasteiger partial charge in [0.05, 0.1) is 6.10 Å². The zero-order chi connectivity index (χ0) is 16.2. The SMILES string of the molecule is CC1=C(/C=C/C(=O)/C=C/c2ccccc2)C(C)(C)CCC1O. The Hall–Kier alpha value is -1.93. The van der Waals surface area contributed by atoms with Crippen LogP contribution in [0.1, 0.15) is 39.2 Å². The quantitative estimate of drug-likeness (QED) is 0.840. The molecule has 2 nitrogen and oxygen atoms in total. The fourth-order valence-electron chi connectivity index (χ4n) is 2.88. The molecule has 0 amide bonds. The molecule has 0 aromatic heterocycles. The standard InChI is InChI=1S/C20H24O2/c1-15-18(20(2,3)14-13-19(15)22)12-11-17(21)10-9-16-7-5-4-6-8-16/h4-12,19,22H,13-14H2,1-3H3/b10-9+,12-11+. The molecule has 22 heavy (non-hydrogen) atoms. The Morgan fingerprint density at radius 1 is 1.18 bits per heavy atom. The molecule has 0 aliphatic heterocycles. The third-order valence-corrected chi connectivity index (χ3v) is 4.35. The van der Waals surface area contributed by atoms with Crippen molar-refractivity contribution in [2.75, 3.05) is 0 Å². The van der Waals surface area contributed by atoms with Crippen molar-refractivity contribution in [1.29, 1.82) is 0 Å². The molecule has 0 fully saturated rings. The minimum Gasteiger partial charge on any atom is -0.389 e. The summed E-state index contributed by atoms with van der Waals surface area (Å²) in [4.78, 5) is 12.0. The highest BCUT2D eigenvalue weighted by atomic mass is 16.3. The predicted molar refractivity (Wildman–Crippen MR) is 91.3 cm³/mol. The minimum absolute atomic E-state index is 0.00321. The summed E-state index contributed by atoms with van der Waals surface area (Å²) in [5, 5.41) is 10.0. The summed E-state index contributed by atoms with van der Waals surface area (Å²) in [5.41, 5.74) is 3.07. The number of hydrogen-bond donors (Lipinski definition) is 1. The first kappa shape index (κ1) is 16.4. The molecule has 0 radical (unpaired) electrons. The molecule has 1 aliphatic carbocycles. The number of ketones is 1. The maximum atomic E-state index is 12.0. The average Bonchev–Trinajstić information content (AvgIpc) is 2.50. The van der Waals surface area contributed by atoms with Gasteiger partial charge in [0, 0.05) is 0 Å². The average molecular weight is 296 g/mol. The highest BCUT2D eigenvalue weighted by molar-refractivity contribution is 6.02. The van der Waals surface area contributed by atoms with Gasteiger partial charge in [-0.15, -0.1) is 0 Å². The predicted octanol–water partition coefficient (Wildman–Crippen LogP) is 4.32. The number of rotatable bonds is 4. The van der Waals surface area contributed by atoms with Crippen LogP contribution in [0, 0.1) is 5.41 Å². The number of hydrogen-bond acceptors (Lipinski definition) is 2. The Kier molecular flexibility index (Phi) is 5.15. The van der Waals surface area contributed by atoms with Crippen molar-refractivity contribution >= 4 is 11.9 Å². The van der Waals surface area contributed by atoms with Crippen LogP contribution in [0.4, 0.5) is 0 Å². The number of carbonyl (C=O) groups is 1. The van der Waals surface area contributed by atoms with E-state index in [1.165, 1.54) is 0 Å². The van der Waals surface area contributed by atoms with Crippen LogP contribution in [0.25, 0.3) is 6.08 Å². The number of carbonyl (C=O) groups excluding carboxylic acids is 1. The Morgan fingerprint density at radius 2 is 1.82 bits per heavy atom. The third-order valence-electron chi connectivity index (χ3n) is 4.35. The van der Waals surface area contributed by atoms with Gasteiger partial charge in [0.25, 0.3) is 0 Å². The van der Waals surface area contributed by atoms with Crippen LogP contribution in [0.2, 0.25) is 0 Å². The van der Waals surface area contributed by atoms with Crippen LogP contribution in [0.5, 0.6) is 0 Å². The number of allylic oxidation sites excluding steroid dienone is 4. The van der Waals surface area contributed by atoms with E-state index in [-0.39, 0.29) is 17.3 Å². The molecule has 116 valence electrons. The topological polar surface area (TPSA) is 37.3 Å². The first-order valence-corrected chi connectivity index (χ1v) is 7.74. The zero-order valence-electron chi connectivity index (χ0n) is 13.5. The van der Waals surface area contributed by atoms with Gasteiger partial charge in [-0.2, -0.15) is 0 Å². The first-order chi connectivity index (χ1) is 10.4. The van der Waals surface area contributed by atoms with Gasteiger partial charge in [0.15, 0.2) is 5.78 Å². The van der Waals surface area contributed by atoms with Crippen LogP contribution in [-0.4, -0.2) is 17.0 Å². The monoisotopic (exact) mass is 296 g/mol. The molecule has 0 saturated heterocycles. The molecule has 1 aliphatic rings. The molecule has 0 saturated carbocycles. The second-order valence-corrected chi connectivity index (χ2v) is 6.51. The van der Waals surface area contributed by atoms with Crippen molar-refractivity contribution in [1.82, 2.24) is 0 Å². The lowest BCUT2D eigenvalue weighted by Crippen LogP contribution is -2.27. The molecule has 0 heterocycles. The molecule has 1 atom stereocenters. The Bertz CT molecular complexity index is 618. The van der Waals surface area contributed by atoms with Gasteiger partial charge >= 0.3 is 0 Å². The van der Waals surface area contributed by atoms with Crippen molar-refractivity contribution in [2.45, 2.75) is 39.7 Å². The van der Waals surface area contributed by atoms with Gasteiger partial charge < -0.3 is 5.11 Å². The second-order valence-electron chi connectivity index (χ2n) is 6.51. The zero-order valence-corrected chi connectivity index (χ0v) is 13.5. The fraction of sp³-hybridized carbons (Fsp3) is 0.350. The molecule has 0 bridgehead atoms. The van der Waals surface area contributed by atoms with Crippen LogP contribution in [0.3, 0.4) is 0 Å². The van der Waals surface area contributed by atoms with Crippen molar-refractivity contribution < 1.29 is 9.90 Å². The summed E-state index contributed by atoms with van der Waals surface area (Å²) in [6.45, 7) is 6.27. The number of aliphatic hydroxyl groups is 1. The van der Waals surface area contributed by atoms with Crippen LogP contribution in [0.15, 0.2) is 59.7 Å². The van der Waals surface area contributed by atoms with Gasteiger partial charge in [-0.05, 0) is 54.0 Å². The van der Waals surface area contributed by atoms with Gasteiger partial charge in [-0.25, -0.2) is 0 Å².